The molecule has 1 fully saturated rings. The number of rotatable bonds is 4. The van der Waals surface area contributed by atoms with E-state index in [1.54, 1.807) is 0 Å². The third-order valence-electron chi connectivity index (χ3n) is 4.42. The van der Waals surface area contributed by atoms with Crippen molar-refractivity contribution in [2.24, 2.45) is 0 Å². The number of aryl methyl sites for hydroxylation is 1. The molecule has 1 unspecified atom stereocenters. The average Bonchev–Trinajstić information content (AvgIpc) is 2.93. The Morgan fingerprint density at radius 1 is 1.09 bits per heavy atom. The molecule has 2 aromatic rings. The number of nitrogens with zero attached hydrogens (tertiary/aromatic N) is 2. The minimum Gasteiger partial charge on any atom is -0.466 e. The first-order chi connectivity index (χ1) is 10.6. The summed E-state index contributed by atoms with van der Waals surface area (Å²) in [6, 6.07) is 12.7. The molecule has 0 aliphatic carbocycles. The Bertz CT molecular complexity index is 617. The van der Waals surface area contributed by atoms with E-state index in [2.05, 4.69) is 34.9 Å². The summed E-state index contributed by atoms with van der Waals surface area (Å²) < 4.78 is 5.70. The van der Waals surface area contributed by atoms with Gasteiger partial charge in [-0.1, -0.05) is 23.7 Å². The van der Waals surface area contributed by atoms with Gasteiger partial charge in [0.15, 0.2) is 0 Å². The van der Waals surface area contributed by atoms with Gasteiger partial charge in [-0.05, 0) is 38.1 Å². The third-order valence-corrected chi connectivity index (χ3v) is 4.74. The molecule has 0 N–H and O–H groups in total. The highest BCUT2D eigenvalue weighted by Gasteiger charge is 2.22. The highest BCUT2D eigenvalue weighted by Crippen LogP contribution is 2.26. The largest absolute Gasteiger partial charge is 0.466 e. The Labute approximate surface area is 137 Å². The lowest BCUT2D eigenvalue weighted by Gasteiger charge is -2.39. The van der Waals surface area contributed by atoms with E-state index >= 15 is 0 Å². The standard InChI is InChI=1S/C18H23ClN2O/c1-14(13-16-8-7-15(2)22-16)20-9-11-21(12-10-20)18-6-4-3-5-17(18)19/h3-8,14H,9-13H2,1-2H3. The molecule has 1 aliphatic heterocycles. The highest BCUT2D eigenvalue weighted by atomic mass is 35.5. The zero-order valence-electron chi connectivity index (χ0n) is 13.3. The van der Waals surface area contributed by atoms with Gasteiger partial charge in [-0.25, -0.2) is 0 Å². The van der Waals surface area contributed by atoms with E-state index in [1.165, 1.54) is 0 Å². The van der Waals surface area contributed by atoms with Gasteiger partial charge >= 0.3 is 0 Å². The molecular weight excluding hydrogens is 296 g/mol. The van der Waals surface area contributed by atoms with E-state index in [0.29, 0.717) is 6.04 Å². The molecule has 1 aromatic heterocycles. The van der Waals surface area contributed by atoms with Crippen molar-refractivity contribution in [3.8, 4) is 0 Å². The van der Waals surface area contributed by atoms with Crippen LogP contribution in [-0.2, 0) is 6.42 Å². The number of furan rings is 1. The van der Waals surface area contributed by atoms with Crippen molar-refractivity contribution in [1.82, 2.24) is 4.90 Å². The normalized spacial score (nSPS) is 17.7. The first-order valence-corrected chi connectivity index (χ1v) is 8.30. The van der Waals surface area contributed by atoms with Gasteiger partial charge in [-0.2, -0.15) is 0 Å². The van der Waals surface area contributed by atoms with E-state index in [9.17, 15) is 0 Å². The Hall–Kier alpha value is -1.45. The third kappa shape index (κ3) is 3.47. The summed E-state index contributed by atoms with van der Waals surface area (Å²) in [6.45, 7) is 8.44. The van der Waals surface area contributed by atoms with Crippen LogP contribution < -0.4 is 4.90 Å². The maximum atomic E-state index is 6.30. The fourth-order valence-electron chi connectivity index (χ4n) is 3.13. The van der Waals surface area contributed by atoms with E-state index in [-0.39, 0.29) is 0 Å². The van der Waals surface area contributed by atoms with Crippen LogP contribution in [0.3, 0.4) is 0 Å². The summed E-state index contributed by atoms with van der Waals surface area (Å²) >= 11 is 6.30. The van der Waals surface area contributed by atoms with Crippen molar-refractivity contribution in [2.45, 2.75) is 26.3 Å². The summed E-state index contributed by atoms with van der Waals surface area (Å²) in [4.78, 5) is 4.91. The zero-order chi connectivity index (χ0) is 15.5. The quantitative estimate of drug-likeness (QED) is 0.849. The van der Waals surface area contributed by atoms with E-state index < -0.39 is 0 Å². The molecular formula is C18H23ClN2O. The Balaban J connectivity index is 1.56. The van der Waals surface area contributed by atoms with E-state index in [0.717, 1.165) is 54.8 Å². The molecule has 22 heavy (non-hydrogen) atoms. The molecule has 3 rings (SSSR count). The molecule has 1 aromatic carbocycles. The smallest absolute Gasteiger partial charge is 0.105 e. The Morgan fingerprint density at radius 3 is 2.45 bits per heavy atom. The number of hydrogen-bond acceptors (Lipinski definition) is 3. The SMILES string of the molecule is Cc1ccc(CC(C)N2CCN(c3ccccc3Cl)CC2)o1. The molecule has 1 aliphatic rings. The number of anilines is 1. The number of benzene rings is 1. The van der Waals surface area contributed by atoms with Crippen LogP contribution in [0, 0.1) is 6.92 Å². The van der Waals surface area contributed by atoms with Gasteiger partial charge in [0.25, 0.3) is 0 Å². The fourth-order valence-corrected chi connectivity index (χ4v) is 3.38. The lowest BCUT2D eigenvalue weighted by molar-refractivity contribution is 0.190. The second kappa shape index (κ2) is 6.76. The maximum Gasteiger partial charge on any atom is 0.105 e. The van der Waals surface area contributed by atoms with Crippen LogP contribution in [0.15, 0.2) is 40.8 Å². The fraction of sp³-hybridized carbons (Fsp3) is 0.444. The Kier molecular flexibility index (Phi) is 4.74. The van der Waals surface area contributed by atoms with Gasteiger partial charge < -0.3 is 9.32 Å². The van der Waals surface area contributed by atoms with Gasteiger partial charge in [-0.15, -0.1) is 0 Å². The summed E-state index contributed by atoms with van der Waals surface area (Å²) in [5, 5.41) is 0.843. The molecule has 118 valence electrons. The summed E-state index contributed by atoms with van der Waals surface area (Å²) in [5.74, 6) is 2.07. The number of para-hydroxylation sites is 1. The van der Waals surface area contributed by atoms with Gasteiger partial charge in [-0.3, -0.25) is 4.90 Å². The lowest BCUT2D eigenvalue weighted by Crippen LogP contribution is -2.50. The van der Waals surface area contributed by atoms with Gasteiger partial charge in [0.1, 0.15) is 11.5 Å². The Morgan fingerprint density at radius 2 is 1.82 bits per heavy atom. The van der Waals surface area contributed by atoms with Crippen molar-refractivity contribution in [3.05, 3.63) is 52.9 Å². The van der Waals surface area contributed by atoms with Crippen LogP contribution in [0.2, 0.25) is 5.02 Å². The predicted molar refractivity (Wildman–Crippen MR) is 91.8 cm³/mol. The van der Waals surface area contributed by atoms with E-state index in [1.807, 2.05) is 25.1 Å². The highest BCUT2D eigenvalue weighted by molar-refractivity contribution is 6.33. The van der Waals surface area contributed by atoms with Crippen LogP contribution in [0.25, 0.3) is 0 Å². The molecule has 4 heteroatoms. The molecule has 0 bridgehead atoms. The van der Waals surface area contributed by atoms with Crippen molar-refractivity contribution in [1.29, 1.82) is 0 Å². The molecule has 2 heterocycles. The van der Waals surface area contributed by atoms with Crippen molar-refractivity contribution in [2.75, 3.05) is 31.1 Å². The van der Waals surface area contributed by atoms with Crippen molar-refractivity contribution < 1.29 is 4.42 Å². The summed E-state index contributed by atoms with van der Waals surface area (Å²) in [6.07, 6.45) is 0.972. The first-order valence-electron chi connectivity index (χ1n) is 7.92. The molecule has 1 atom stereocenters. The number of hydrogen-bond donors (Lipinski definition) is 0. The maximum absolute atomic E-state index is 6.30. The summed E-state index contributed by atoms with van der Waals surface area (Å²) in [5.41, 5.74) is 1.15. The predicted octanol–water partition coefficient (Wildman–Crippen LogP) is 3.99. The monoisotopic (exact) mass is 318 g/mol. The van der Waals surface area contributed by atoms with Crippen molar-refractivity contribution >= 4 is 17.3 Å². The van der Waals surface area contributed by atoms with Crippen LogP contribution in [0.4, 0.5) is 5.69 Å². The van der Waals surface area contributed by atoms with Gasteiger partial charge in [0.05, 0.1) is 10.7 Å². The van der Waals surface area contributed by atoms with Crippen LogP contribution in [0.1, 0.15) is 18.4 Å². The minimum atomic E-state index is 0.499. The lowest BCUT2D eigenvalue weighted by atomic mass is 10.1. The number of halogens is 1. The van der Waals surface area contributed by atoms with Crippen LogP contribution in [0.5, 0.6) is 0 Å². The van der Waals surface area contributed by atoms with Crippen molar-refractivity contribution in [3.63, 3.8) is 0 Å². The molecule has 0 amide bonds. The van der Waals surface area contributed by atoms with E-state index in [4.69, 9.17) is 16.0 Å². The molecule has 0 radical (unpaired) electrons. The second-order valence-electron chi connectivity index (χ2n) is 6.04. The molecule has 1 saturated heterocycles. The summed E-state index contributed by atoms with van der Waals surface area (Å²) in [7, 11) is 0. The first kappa shape index (κ1) is 15.4. The van der Waals surface area contributed by atoms with Gasteiger partial charge in [0, 0.05) is 38.6 Å². The molecule has 3 nitrogen and oxygen atoms in total. The molecule has 0 spiro atoms. The minimum absolute atomic E-state index is 0.499. The average molecular weight is 319 g/mol. The second-order valence-corrected chi connectivity index (χ2v) is 6.45. The van der Waals surface area contributed by atoms with Crippen LogP contribution >= 0.6 is 11.6 Å². The van der Waals surface area contributed by atoms with Crippen LogP contribution in [-0.4, -0.2) is 37.1 Å². The number of piperazine rings is 1. The topological polar surface area (TPSA) is 19.6 Å². The van der Waals surface area contributed by atoms with Gasteiger partial charge in [0.2, 0.25) is 0 Å². The zero-order valence-corrected chi connectivity index (χ0v) is 14.0. The molecule has 0 saturated carbocycles.